The van der Waals surface area contributed by atoms with Gasteiger partial charge in [0.1, 0.15) is 29.6 Å². The van der Waals surface area contributed by atoms with Gasteiger partial charge in [-0.2, -0.15) is 0 Å². The summed E-state index contributed by atoms with van der Waals surface area (Å²) in [5, 5.41) is 9.86. The van der Waals surface area contributed by atoms with Crippen molar-refractivity contribution in [2.24, 2.45) is 0 Å². The third kappa shape index (κ3) is 2.96. The lowest BCUT2D eigenvalue weighted by Gasteiger charge is -2.09. The molecule has 0 saturated carbocycles. The molecule has 0 aliphatic rings. The Morgan fingerprint density at radius 2 is 2.05 bits per heavy atom. The zero-order valence-corrected chi connectivity index (χ0v) is 13.2. The van der Waals surface area contributed by atoms with Crippen molar-refractivity contribution in [3.05, 3.63) is 45.2 Å². The first kappa shape index (κ1) is 15.3. The van der Waals surface area contributed by atoms with Gasteiger partial charge in [0, 0.05) is 6.20 Å². The van der Waals surface area contributed by atoms with E-state index >= 15 is 0 Å². The average Bonchev–Trinajstić information content (AvgIpc) is 2.90. The van der Waals surface area contributed by atoms with E-state index in [0.29, 0.717) is 33.3 Å². The Morgan fingerprint density at radius 1 is 1.23 bits per heavy atom. The van der Waals surface area contributed by atoms with E-state index in [1.807, 2.05) is 0 Å². The highest BCUT2D eigenvalue weighted by molar-refractivity contribution is 6.44. The van der Waals surface area contributed by atoms with Crippen LogP contribution in [0.25, 0.3) is 11.0 Å². The Kier molecular flexibility index (Phi) is 4.35. The van der Waals surface area contributed by atoms with Gasteiger partial charge in [0.2, 0.25) is 5.28 Å². The van der Waals surface area contributed by atoms with E-state index in [4.69, 9.17) is 39.5 Å². The van der Waals surface area contributed by atoms with E-state index in [1.165, 1.54) is 6.20 Å². The summed E-state index contributed by atoms with van der Waals surface area (Å²) < 4.78 is 5.70. The summed E-state index contributed by atoms with van der Waals surface area (Å²) in [7, 11) is 0. The number of aliphatic hydroxyl groups excluding tert-OH is 1. The summed E-state index contributed by atoms with van der Waals surface area (Å²) in [6.45, 7) is -0.108. The minimum atomic E-state index is -0.231. The lowest BCUT2D eigenvalue weighted by atomic mass is 10.3. The fourth-order valence-corrected chi connectivity index (χ4v) is 2.48. The normalized spacial score (nSPS) is 11.1. The molecule has 0 fully saturated rings. The second kappa shape index (κ2) is 6.26. The van der Waals surface area contributed by atoms with Crippen molar-refractivity contribution in [2.75, 3.05) is 0 Å². The molecular weight excluding hydrogens is 351 g/mol. The van der Waals surface area contributed by atoms with Crippen molar-refractivity contribution in [1.82, 2.24) is 19.9 Å². The second-order valence-corrected chi connectivity index (χ2v) is 5.47. The van der Waals surface area contributed by atoms with Gasteiger partial charge in [-0.3, -0.25) is 0 Å². The highest BCUT2D eigenvalue weighted by Gasteiger charge is 2.16. The van der Waals surface area contributed by atoms with Gasteiger partial charge in [0.25, 0.3) is 0 Å². The summed E-state index contributed by atoms with van der Waals surface area (Å²) in [5.74, 6) is 0.707. The molecule has 114 valence electrons. The zero-order valence-electron chi connectivity index (χ0n) is 11.0. The summed E-state index contributed by atoms with van der Waals surface area (Å²) in [6.07, 6.45) is 1.53. The van der Waals surface area contributed by atoms with Crippen LogP contribution < -0.4 is 4.74 Å². The minimum absolute atomic E-state index is 0.124. The smallest absolute Gasteiger partial charge is 0.222 e. The molecule has 0 spiro atoms. The van der Waals surface area contributed by atoms with Crippen LogP contribution in [-0.2, 0) is 13.2 Å². The lowest BCUT2D eigenvalue weighted by molar-refractivity contribution is 0.272. The van der Waals surface area contributed by atoms with Crippen LogP contribution >= 0.6 is 34.8 Å². The molecule has 3 aromatic rings. The molecule has 9 heteroatoms. The van der Waals surface area contributed by atoms with Crippen molar-refractivity contribution in [2.45, 2.75) is 13.2 Å². The number of benzene rings is 1. The first-order valence-electron chi connectivity index (χ1n) is 6.16. The highest BCUT2D eigenvalue weighted by Crippen LogP contribution is 2.38. The number of aliphatic hydroxyl groups is 1. The Morgan fingerprint density at radius 3 is 2.77 bits per heavy atom. The number of aromatic amines is 1. The summed E-state index contributed by atoms with van der Waals surface area (Å²) in [5.41, 5.74) is 1.69. The van der Waals surface area contributed by atoms with Gasteiger partial charge in [0.05, 0.1) is 16.2 Å². The molecule has 0 radical (unpaired) electrons. The lowest BCUT2D eigenvalue weighted by Crippen LogP contribution is -2.00. The highest BCUT2D eigenvalue weighted by atomic mass is 35.5. The van der Waals surface area contributed by atoms with Crippen molar-refractivity contribution >= 4 is 45.8 Å². The minimum Gasteiger partial charge on any atom is -0.483 e. The summed E-state index contributed by atoms with van der Waals surface area (Å²) in [6, 6.07) is 3.30. The maximum absolute atomic E-state index is 9.17. The van der Waals surface area contributed by atoms with Gasteiger partial charge in [-0.25, -0.2) is 15.0 Å². The average molecular weight is 360 g/mol. The molecule has 0 amide bonds. The third-order valence-corrected chi connectivity index (χ3v) is 3.83. The fraction of sp³-hybridized carbons (Fsp3) is 0.154. The zero-order chi connectivity index (χ0) is 15.7. The third-order valence-electron chi connectivity index (χ3n) is 2.87. The number of aromatic nitrogens is 4. The number of rotatable bonds is 4. The predicted octanol–water partition coefficient (Wildman–Crippen LogP) is 3.38. The molecule has 6 nitrogen and oxygen atoms in total. The van der Waals surface area contributed by atoms with Gasteiger partial charge >= 0.3 is 0 Å². The van der Waals surface area contributed by atoms with E-state index in [2.05, 4.69) is 19.9 Å². The first-order chi connectivity index (χ1) is 10.6. The molecule has 0 unspecified atom stereocenters. The molecule has 2 heterocycles. The Bertz CT molecular complexity index is 838. The van der Waals surface area contributed by atoms with E-state index in [0.717, 1.165) is 0 Å². The first-order valence-corrected chi connectivity index (χ1v) is 7.29. The second-order valence-electron chi connectivity index (χ2n) is 4.34. The standard InChI is InChI=1S/C13H9Cl3N4O2/c14-7-3-8-11(20-9(4-21)19-8)12(10(7)15)22-5-6-1-2-17-13(16)18-6/h1-3,21H,4-5H2,(H,19,20). The monoisotopic (exact) mass is 358 g/mol. The van der Waals surface area contributed by atoms with Crippen LogP contribution in [0, 0.1) is 0 Å². The summed E-state index contributed by atoms with van der Waals surface area (Å²) >= 11 is 18.0. The number of H-pyrrole nitrogens is 1. The molecular formula is C13H9Cl3N4O2. The van der Waals surface area contributed by atoms with Crippen LogP contribution in [0.5, 0.6) is 5.75 Å². The van der Waals surface area contributed by atoms with Crippen LogP contribution in [0.1, 0.15) is 11.5 Å². The number of imidazole rings is 1. The molecule has 2 aromatic heterocycles. The van der Waals surface area contributed by atoms with E-state index < -0.39 is 0 Å². The number of nitrogens with one attached hydrogen (secondary N) is 1. The van der Waals surface area contributed by atoms with Gasteiger partial charge in [0.15, 0.2) is 5.75 Å². The number of ether oxygens (including phenoxy) is 1. The predicted molar refractivity (Wildman–Crippen MR) is 83.4 cm³/mol. The van der Waals surface area contributed by atoms with Crippen molar-refractivity contribution in [1.29, 1.82) is 0 Å². The van der Waals surface area contributed by atoms with E-state index in [9.17, 15) is 5.11 Å². The molecule has 0 aliphatic carbocycles. The van der Waals surface area contributed by atoms with Crippen LogP contribution in [0.3, 0.4) is 0 Å². The summed E-state index contributed by atoms with van der Waals surface area (Å²) in [4.78, 5) is 15.0. The van der Waals surface area contributed by atoms with Crippen LogP contribution in [0.2, 0.25) is 15.3 Å². The molecule has 0 atom stereocenters. The molecule has 1 aromatic carbocycles. The van der Waals surface area contributed by atoms with Gasteiger partial charge in [-0.05, 0) is 23.7 Å². The van der Waals surface area contributed by atoms with Crippen LogP contribution in [0.4, 0.5) is 0 Å². The Hall–Kier alpha value is -1.60. The number of hydrogen-bond acceptors (Lipinski definition) is 5. The van der Waals surface area contributed by atoms with Crippen molar-refractivity contribution in [3.63, 3.8) is 0 Å². The maximum Gasteiger partial charge on any atom is 0.222 e. The number of nitrogens with zero attached hydrogens (tertiary/aromatic N) is 3. The topological polar surface area (TPSA) is 83.9 Å². The fourth-order valence-electron chi connectivity index (χ4n) is 1.92. The van der Waals surface area contributed by atoms with E-state index in [1.54, 1.807) is 12.1 Å². The van der Waals surface area contributed by atoms with Crippen LogP contribution in [0.15, 0.2) is 18.3 Å². The largest absolute Gasteiger partial charge is 0.483 e. The van der Waals surface area contributed by atoms with Crippen molar-refractivity contribution in [3.8, 4) is 5.75 Å². The van der Waals surface area contributed by atoms with Gasteiger partial charge in [-0.1, -0.05) is 23.2 Å². The van der Waals surface area contributed by atoms with Crippen LogP contribution in [-0.4, -0.2) is 25.0 Å². The molecule has 2 N–H and O–H groups in total. The molecule has 0 aliphatic heterocycles. The number of fused-ring (bicyclic) bond motifs is 1. The molecule has 0 saturated heterocycles. The number of hydrogen-bond donors (Lipinski definition) is 2. The molecule has 22 heavy (non-hydrogen) atoms. The quantitative estimate of drug-likeness (QED) is 0.698. The number of halogens is 3. The van der Waals surface area contributed by atoms with Crippen molar-refractivity contribution < 1.29 is 9.84 Å². The molecule has 0 bridgehead atoms. The SMILES string of the molecule is OCc1nc2c(OCc3ccnc(Cl)n3)c(Cl)c(Cl)cc2[nH]1. The molecule has 3 rings (SSSR count). The van der Waals surface area contributed by atoms with Gasteiger partial charge in [-0.15, -0.1) is 0 Å². The Balaban J connectivity index is 1.98. The van der Waals surface area contributed by atoms with Gasteiger partial charge < -0.3 is 14.8 Å². The maximum atomic E-state index is 9.17. The van der Waals surface area contributed by atoms with E-state index in [-0.39, 0.29) is 23.5 Å². The Labute approximate surface area is 140 Å².